The molecule has 0 saturated heterocycles. The van der Waals surface area contributed by atoms with Crippen LogP contribution in [0.2, 0.25) is 0 Å². The van der Waals surface area contributed by atoms with Crippen LogP contribution in [0, 0.1) is 23.7 Å². The second-order valence-electron chi connectivity index (χ2n) is 18.9. The van der Waals surface area contributed by atoms with Gasteiger partial charge in [-0.05, 0) is 67.1 Å². The van der Waals surface area contributed by atoms with Gasteiger partial charge in [-0.15, -0.1) is 0 Å². The molecule has 0 fully saturated rings. The van der Waals surface area contributed by atoms with Gasteiger partial charge in [0.25, 0.3) is 0 Å². The number of aliphatic carboxylic acids is 1. The number of thiol groups is 3. The van der Waals surface area contributed by atoms with Crippen molar-refractivity contribution in [3.8, 4) is 5.75 Å². The highest BCUT2D eigenvalue weighted by molar-refractivity contribution is 7.80. The van der Waals surface area contributed by atoms with Gasteiger partial charge in [-0.2, -0.15) is 37.9 Å². The van der Waals surface area contributed by atoms with Crippen molar-refractivity contribution in [2.45, 2.75) is 142 Å². The van der Waals surface area contributed by atoms with Gasteiger partial charge >= 0.3 is 5.97 Å². The Morgan fingerprint density at radius 2 is 0.917 bits per heavy atom. The Morgan fingerprint density at radius 3 is 1.33 bits per heavy atom. The Hall–Kier alpha value is -5.47. The van der Waals surface area contributed by atoms with E-state index < -0.39 is 119 Å². The molecule has 8 amide bonds. The third kappa shape index (κ3) is 23.4. The third-order valence-corrected chi connectivity index (χ3v) is 12.0. The van der Waals surface area contributed by atoms with Gasteiger partial charge in [-0.1, -0.05) is 67.5 Å². The van der Waals surface area contributed by atoms with Gasteiger partial charge < -0.3 is 69.9 Å². The van der Waals surface area contributed by atoms with Gasteiger partial charge in [0, 0.05) is 30.2 Å². The largest absolute Gasteiger partial charge is 0.508 e. The quantitative estimate of drug-likeness (QED) is 0.0169. The average Bonchev–Trinajstić information content (AvgIpc) is 3.30. The molecule has 0 aliphatic heterocycles. The molecule has 23 nitrogen and oxygen atoms in total. The SMILES string of the molecule is CC(C)C[C@H](NC(=O)[C@@H](NC(=O)[C@H](Cc1ccc(O)cc1)NC(=O)[C@H](CS)NC(=O)[C@H](CS)NC(=O)[C@H](CC(C)C)NC(=O)[C@@H](NC(=O)[C@H](CCCN=C(N)N)NC(=O)[C@@H](N)CS)C(C)C)C(C)C)C(=O)O. The molecule has 1 rings (SSSR count). The van der Waals surface area contributed by atoms with Gasteiger partial charge in [0.2, 0.25) is 47.3 Å². The van der Waals surface area contributed by atoms with Crippen LogP contribution in [0.3, 0.4) is 0 Å². The monoisotopic (exact) mass is 1070 g/mol. The van der Waals surface area contributed by atoms with E-state index in [9.17, 15) is 53.4 Å². The van der Waals surface area contributed by atoms with E-state index in [1.165, 1.54) is 24.3 Å². The van der Waals surface area contributed by atoms with E-state index in [0.29, 0.717) is 5.56 Å². The molecule has 0 saturated carbocycles. The summed E-state index contributed by atoms with van der Waals surface area (Å²) >= 11 is 12.6. The predicted octanol–water partition coefficient (Wildman–Crippen LogP) is -1.53. The normalized spacial score (nSPS) is 15.1. The van der Waals surface area contributed by atoms with Crippen LogP contribution in [-0.2, 0) is 49.6 Å². The number of benzene rings is 1. The Balaban J connectivity index is 3.34. The number of nitrogens with two attached hydrogens (primary N) is 3. The summed E-state index contributed by atoms with van der Waals surface area (Å²) in [5, 5.41) is 40.4. The number of nitrogens with one attached hydrogen (secondary N) is 8. The number of hydrogen-bond acceptors (Lipinski definition) is 15. The van der Waals surface area contributed by atoms with Crippen LogP contribution >= 0.6 is 37.9 Å². The van der Waals surface area contributed by atoms with Crippen molar-refractivity contribution in [3.63, 3.8) is 0 Å². The second-order valence-corrected chi connectivity index (χ2v) is 20.0. The van der Waals surface area contributed by atoms with E-state index in [0.717, 1.165) is 0 Å². The minimum Gasteiger partial charge on any atom is -0.508 e. The number of amides is 8. The van der Waals surface area contributed by atoms with Crippen molar-refractivity contribution in [2.24, 2.45) is 45.9 Å². The zero-order valence-electron chi connectivity index (χ0n) is 42.3. The summed E-state index contributed by atoms with van der Waals surface area (Å²) in [4.78, 5) is 125. The molecule has 16 N–H and O–H groups in total. The molecule has 1 aromatic rings. The first-order chi connectivity index (χ1) is 33.6. The number of phenols is 1. The molecule has 0 radical (unpaired) electrons. The van der Waals surface area contributed by atoms with Gasteiger partial charge in [-0.25, -0.2) is 4.79 Å². The lowest BCUT2D eigenvalue weighted by Gasteiger charge is -2.29. The number of nitrogens with zero attached hydrogens (tertiary/aromatic N) is 1. The Kier molecular flexibility index (Phi) is 29.2. The van der Waals surface area contributed by atoms with Gasteiger partial charge in [0.15, 0.2) is 5.96 Å². The molecule has 406 valence electrons. The second kappa shape index (κ2) is 32.6. The van der Waals surface area contributed by atoms with Crippen LogP contribution < -0.4 is 59.7 Å². The Morgan fingerprint density at radius 1 is 0.528 bits per heavy atom. The molecule has 0 spiro atoms. The zero-order valence-corrected chi connectivity index (χ0v) is 45.0. The van der Waals surface area contributed by atoms with E-state index in [1.54, 1.807) is 55.4 Å². The molecule has 9 atom stereocenters. The van der Waals surface area contributed by atoms with Crippen molar-refractivity contribution in [1.82, 2.24) is 42.5 Å². The first-order valence-electron chi connectivity index (χ1n) is 23.7. The number of hydrogen-bond donors (Lipinski definition) is 16. The van der Waals surface area contributed by atoms with Crippen LogP contribution in [-0.4, -0.2) is 148 Å². The van der Waals surface area contributed by atoms with E-state index in [1.807, 2.05) is 0 Å². The number of aromatic hydroxyl groups is 1. The highest BCUT2D eigenvalue weighted by Gasteiger charge is 2.36. The molecular formula is C46H78N12O11S3. The van der Waals surface area contributed by atoms with Crippen molar-refractivity contribution in [2.75, 3.05) is 23.8 Å². The number of carboxylic acids is 1. The van der Waals surface area contributed by atoms with Crippen molar-refractivity contribution in [3.05, 3.63) is 29.8 Å². The number of guanidine groups is 1. The van der Waals surface area contributed by atoms with E-state index in [-0.39, 0.29) is 79.5 Å². The maximum Gasteiger partial charge on any atom is 0.326 e. The molecule has 0 bridgehead atoms. The molecule has 1 aromatic carbocycles. The average molecular weight is 1070 g/mol. The fourth-order valence-corrected chi connectivity index (χ4v) is 7.59. The summed E-state index contributed by atoms with van der Waals surface area (Å²) in [7, 11) is 0. The molecule has 0 aromatic heterocycles. The van der Waals surface area contributed by atoms with Crippen LogP contribution in [0.25, 0.3) is 0 Å². The molecule has 26 heteroatoms. The fourth-order valence-electron chi connectivity index (χ4n) is 6.91. The molecule has 72 heavy (non-hydrogen) atoms. The lowest BCUT2D eigenvalue weighted by molar-refractivity contribution is -0.143. The summed E-state index contributed by atoms with van der Waals surface area (Å²) in [6.45, 7) is 14.0. The molecule has 0 heterocycles. The standard InChI is InChI=1S/C46H78N12O11S3/c1-22(2)16-30(53-43(66)35(24(5)6)57-38(61)29(10-9-15-50-46(48)49)51-37(60)28(47)19-70)39(62)55-34(21-72)42(65)56-33(20-71)41(64)52-31(18-26-11-13-27(59)14-12-26)40(63)58-36(25(7)8)44(67)54-32(45(68)69)17-23(3)4/h11-14,22-25,28-36,59,70-72H,9-10,15-21,47H2,1-8H3,(H,51,60)(H,52,64)(H,53,66)(H,54,67)(H,55,62)(H,56,65)(H,57,61)(H,58,63)(H,68,69)(H4,48,49,50)/t28-,29-,30-,31-,32-,33-,34-,35-,36-/m0/s1. The number of rotatable bonds is 32. The smallest absolute Gasteiger partial charge is 0.326 e. The maximum atomic E-state index is 14.0. The number of phenolic OH excluding ortho intramolecular Hbond substituents is 1. The summed E-state index contributed by atoms with van der Waals surface area (Å²) < 4.78 is 0. The van der Waals surface area contributed by atoms with Crippen molar-refractivity contribution in [1.29, 1.82) is 0 Å². The highest BCUT2D eigenvalue weighted by atomic mass is 32.1. The number of carbonyl (C=O) groups is 9. The lowest BCUT2D eigenvalue weighted by atomic mass is 9.99. The third-order valence-electron chi connectivity index (χ3n) is 10.9. The zero-order chi connectivity index (χ0) is 55.0. The molecule has 0 aliphatic carbocycles. The predicted molar refractivity (Wildman–Crippen MR) is 283 cm³/mol. The van der Waals surface area contributed by atoms with Gasteiger partial charge in [0.05, 0.1) is 6.04 Å². The summed E-state index contributed by atoms with van der Waals surface area (Å²) in [5.41, 5.74) is 17.1. The minimum absolute atomic E-state index is 0.00272. The summed E-state index contributed by atoms with van der Waals surface area (Å²) in [6.07, 6.45) is 0.425. The van der Waals surface area contributed by atoms with Gasteiger partial charge in [0.1, 0.15) is 54.1 Å². The topological polar surface area (TPSA) is 381 Å². The summed E-state index contributed by atoms with van der Waals surface area (Å²) in [5.74, 6) is -9.53. The Bertz CT molecular complexity index is 2010. The van der Waals surface area contributed by atoms with E-state index in [2.05, 4.69) is 85.4 Å². The lowest BCUT2D eigenvalue weighted by Crippen LogP contribution is -2.62. The van der Waals surface area contributed by atoms with E-state index >= 15 is 0 Å². The minimum atomic E-state index is -1.40. The molecule has 0 unspecified atom stereocenters. The first kappa shape index (κ1) is 64.5. The number of carboxylic acid groups (broad SMARTS) is 1. The maximum absolute atomic E-state index is 14.0. The van der Waals surface area contributed by atoms with Crippen molar-refractivity contribution >= 4 is 97.1 Å². The highest BCUT2D eigenvalue weighted by Crippen LogP contribution is 2.15. The van der Waals surface area contributed by atoms with Crippen LogP contribution in [0.1, 0.15) is 86.6 Å². The fraction of sp³-hybridized carbons (Fsp3) is 0.652. The van der Waals surface area contributed by atoms with Crippen LogP contribution in [0.5, 0.6) is 5.75 Å². The van der Waals surface area contributed by atoms with Crippen LogP contribution in [0.15, 0.2) is 29.3 Å². The molecule has 0 aliphatic rings. The van der Waals surface area contributed by atoms with Crippen molar-refractivity contribution < 1.29 is 53.4 Å². The van der Waals surface area contributed by atoms with Crippen LogP contribution in [0.4, 0.5) is 0 Å². The van der Waals surface area contributed by atoms with Gasteiger partial charge in [-0.3, -0.25) is 43.3 Å². The first-order valence-corrected chi connectivity index (χ1v) is 25.6. The summed E-state index contributed by atoms with van der Waals surface area (Å²) in [6, 6.07) is -5.43. The number of carbonyl (C=O) groups excluding carboxylic acids is 8. The van der Waals surface area contributed by atoms with E-state index in [4.69, 9.17) is 17.2 Å². The number of aliphatic imine (C=N–C) groups is 1. The molecular weight excluding hydrogens is 993 g/mol. The Labute approximate surface area is 438 Å².